The fourth-order valence-electron chi connectivity index (χ4n) is 1.92. The molecule has 0 saturated carbocycles. The van der Waals surface area contributed by atoms with Crippen LogP contribution >= 0.6 is 0 Å². The molecular weight excluding hydrogens is 250 g/mol. The first-order valence-electron chi connectivity index (χ1n) is 6.08. The summed E-state index contributed by atoms with van der Waals surface area (Å²) in [5.74, 6) is 0.257. The molecule has 1 aromatic rings. The van der Waals surface area contributed by atoms with E-state index >= 15 is 0 Å². The molecule has 1 aromatic carbocycles. The van der Waals surface area contributed by atoms with Crippen LogP contribution in [0.25, 0.3) is 0 Å². The van der Waals surface area contributed by atoms with Crippen LogP contribution in [0.15, 0.2) is 18.2 Å². The third-order valence-electron chi connectivity index (χ3n) is 3.06. The average molecular weight is 265 g/mol. The zero-order valence-corrected chi connectivity index (χ0v) is 10.6. The number of nitrogens with zero attached hydrogens (tertiary/aromatic N) is 1. The largest absolute Gasteiger partial charge is 0.486 e. The predicted molar refractivity (Wildman–Crippen MR) is 67.5 cm³/mol. The molecule has 0 amide bonds. The second-order valence-corrected chi connectivity index (χ2v) is 4.54. The first-order valence-corrected chi connectivity index (χ1v) is 6.08. The topological polar surface area (TPSA) is 78.7 Å². The summed E-state index contributed by atoms with van der Waals surface area (Å²) in [6.07, 6.45) is 0.902. The van der Waals surface area contributed by atoms with E-state index in [0.717, 1.165) is 6.42 Å². The number of nitro groups is 1. The van der Waals surface area contributed by atoms with Crippen molar-refractivity contribution in [3.8, 4) is 5.75 Å². The Bertz CT molecular complexity index is 494. The number of hydrogen-bond donors (Lipinski definition) is 0. The van der Waals surface area contributed by atoms with Gasteiger partial charge in [-0.3, -0.25) is 14.9 Å². The molecule has 19 heavy (non-hydrogen) atoms. The molecular formula is C13H15NO5. The minimum atomic E-state index is -0.535. The van der Waals surface area contributed by atoms with E-state index < -0.39 is 4.92 Å². The van der Waals surface area contributed by atoms with Gasteiger partial charge in [0.15, 0.2) is 11.5 Å². The summed E-state index contributed by atoms with van der Waals surface area (Å²) in [5, 5.41) is 11.0. The molecule has 0 radical (unpaired) electrons. The standard InChI is InChI=1S/C13H15NO5/c1-9(15)11-2-3-13(12(6-11)14(16)17)19-8-10-4-5-18-7-10/h2-3,6,10H,4-5,7-8H2,1H3. The van der Waals surface area contributed by atoms with E-state index in [1.807, 2.05) is 0 Å². The molecule has 0 N–H and O–H groups in total. The molecule has 1 saturated heterocycles. The third kappa shape index (κ3) is 3.29. The van der Waals surface area contributed by atoms with Crippen molar-refractivity contribution >= 4 is 11.5 Å². The Balaban J connectivity index is 2.14. The van der Waals surface area contributed by atoms with Crippen LogP contribution in [0.1, 0.15) is 23.7 Å². The summed E-state index contributed by atoms with van der Waals surface area (Å²) >= 11 is 0. The van der Waals surface area contributed by atoms with Crippen molar-refractivity contribution in [3.05, 3.63) is 33.9 Å². The van der Waals surface area contributed by atoms with Crippen molar-refractivity contribution in [1.29, 1.82) is 0 Å². The maximum Gasteiger partial charge on any atom is 0.311 e. The highest BCUT2D eigenvalue weighted by Crippen LogP contribution is 2.29. The quantitative estimate of drug-likeness (QED) is 0.463. The van der Waals surface area contributed by atoms with Gasteiger partial charge in [0, 0.05) is 24.2 Å². The first kappa shape index (κ1) is 13.5. The molecule has 1 fully saturated rings. The lowest BCUT2D eigenvalue weighted by molar-refractivity contribution is -0.385. The van der Waals surface area contributed by atoms with Crippen LogP contribution in [0.3, 0.4) is 0 Å². The summed E-state index contributed by atoms with van der Waals surface area (Å²) in [6, 6.07) is 4.27. The second-order valence-electron chi connectivity index (χ2n) is 4.54. The number of carbonyl (C=O) groups excluding carboxylic acids is 1. The number of benzene rings is 1. The van der Waals surface area contributed by atoms with Gasteiger partial charge in [-0.2, -0.15) is 0 Å². The number of rotatable bonds is 5. The van der Waals surface area contributed by atoms with E-state index in [-0.39, 0.29) is 23.1 Å². The summed E-state index contributed by atoms with van der Waals surface area (Å²) in [5.41, 5.74) is 0.134. The van der Waals surface area contributed by atoms with Crippen LogP contribution in [-0.2, 0) is 4.74 Å². The minimum absolute atomic E-state index is 0.174. The molecule has 1 aliphatic rings. The van der Waals surface area contributed by atoms with E-state index in [9.17, 15) is 14.9 Å². The fourth-order valence-corrected chi connectivity index (χ4v) is 1.92. The molecule has 1 unspecified atom stereocenters. The van der Waals surface area contributed by atoms with Crippen molar-refractivity contribution in [2.75, 3.05) is 19.8 Å². The highest BCUT2D eigenvalue weighted by molar-refractivity contribution is 5.95. The van der Waals surface area contributed by atoms with Crippen molar-refractivity contribution in [3.63, 3.8) is 0 Å². The van der Waals surface area contributed by atoms with Gasteiger partial charge >= 0.3 is 5.69 Å². The lowest BCUT2D eigenvalue weighted by Gasteiger charge is -2.10. The Labute approximate surface area is 110 Å². The fraction of sp³-hybridized carbons (Fsp3) is 0.462. The van der Waals surface area contributed by atoms with Gasteiger partial charge < -0.3 is 9.47 Å². The normalized spacial score (nSPS) is 18.3. The lowest BCUT2D eigenvalue weighted by Crippen LogP contribution is -2.12. The van der Waals surface area contributed by atoms with Crippen molar-refractivity contribution < 1.29 is 19.2 Å². The Hall–Kier alpha value is -1.95. The van der Waals surface area contributed by atoms with Gasteiger partial charge in [0.25, 0.3) is 0 Å². The van der Waals surface area contributed by atoms with Gasteiger partial charge in [-0.05, 0) is 25.5 Å². The first-order chi connectivity index (χ1) is 9.08. The average Bonchev–Trinajstić information content (AvgIpc) is 2.89. The van der Waals surface area contributed by atoms with Gasteiger partial charge in [0.2, 0.25) is 0 Å². The smallest absolute Gasteiger partial charge is 0.311 e. The Morgan fingerprint density at radius 1 is 1.58 bits per heavy atom. The molecule has 1 aliphatic heterocycles. The third-order valence-corrected chi connectivity index (χ3v) is 3.06. The van der Waals surface area contributed by atoms with E-state index in [1.54, 1.807) is 0 Å². The summed E-state index contributed by atoms with van der Waals surface area (Å²) in [4.78, 5) is 21.7. The second kappa shape index (κ2) is 5.79. The maximum atomic E-state index is 11.2. The van der Waals surface area contributed by atoms with Crippen molar-refractivity contribution in [1.82, 2.24) is 0 Å². The van der Waals surface area contributed by atoms with E-state index in [1.165, 1.54) is 25.1 Å². The Kier molecular flexibility index (Phi) is 4.11. The molecule has 6 heteroatoms. The van der Waals surface area contributed by atoms with Gasteiger partial charge in [0.1, 0.15) is 0 Å². The number of ketones is 1. The van der Waals surface area contributed by atoms with Crippen molar-refractivity contribution in [2.24, 2.45) is 5.92 Å². The lowest BCUT2D eigenvalue weighted by atomic mass is 10.1. The number of ether oxygens (including phenoxy) is 2. The molecule has 6 nitrogen and oxygen atoms in total. The number of hydrogen-bond acceptors (Lipinski definition) is 5. The predicted octanol–water partition coefficient (Wildman–Crippen LogP) is 2.21. The number of carbonyl (C=O) groups is 1. The molecule has 2 rings (SSSR count). The van der Waals surface area contributed by atoms with E-state index in [4.69, 9.17) is 9.47 Å². The molecule has 0 aliphatic carbocycles. The molecule has 0 bridgehead atoms. The molecule has 102 valence electrons. The van der Waals surface area contributed by atoms with Crippen LogP contribution in [0.2, 0.25) is 0 Å². The summed E-state index contributed by atoms with van der Waals surface area (Å²) in [6.45, 7) is 3.09. The molecule has 0 aromatic heterocycles. The highest BCUT2D eigenvalue weighted by Gasteiger charge is 2.21. The summed E-state index contributed by atoms with van der Waals surface area (Å²) in [7, 11) is 0. The molecule has 1 atom stereocenters. The monoisotopic (exact) mass is 265 g/mol. The van der Waals surface area contributed by atoms with Gasteiger partial charge in [-0.1, -0.05) is 0 Å². The zero-order chi connectivity index (χ0) is 13.8. The van der Waals surface area contributed by atoms with E-state index in [0.29, 0.717) is 25.4 Å². The van der Waals surface area contributed by atoms with Crippen LogP contribution < -0.4 is 4.74 Å². The van der Waals surface area contributed by atoms with Gasteiger partial charge in [0.05, 0.1) is 18.1 Å². The van der Waals surface area contributed by atoms with Crippen LogP contribution in [0.5, 0.6) is 5.75 Å². The highest BCUT2D eigenvalue weighted by atomic mass is 16.6. The van der Waals surface area contributed by atoms with Gasteiger partial charge in [-0.15, -0.1) is 0 Å². The Morgan fingerprint density at radius 3 is 2.95 bits per heavy atom. The SMILES string of the molecule is CC(=O)c1ccc(OCC2CCOC2)c([N+](=O)[O-])c1. The van der Waals surface area contributed by atoms with Gasteiger partial charge in [-0.25, -0.2) is 0 Å². The molecule has 1 heterocycles. The van der Waals surface area contributed by atoms with Crippen molar-refractivity contribution in [2.45, 2.75) is 13.3 Å². The molecule has 0 spiro atoms. The van der Waals surface area contributed by atoms with E-state index in [2.05, 4.69) is 0 Å². The zero-order valence-electron chi connectivity index (χ0n) is 10.6. The number of nitro benzene ring substituents is 1. The minimum Gasteiger partial charge on any atom is -0.486 e. The van der Waals surface area contributed by atoms with Crippen LogP contribution in [0, 0.1) is 16.0 Å². The summed E-state index contributed by atoms with van der Waals surface area (Å²) < 4.78 is 10.7. The van der Waals surface area contributed by atoms with Crippen LogP contribution in [0.4, 0.5) is 5.69 Å². The maximum absolute atomic E-state index is 11.2. The number of Topliss-reactive ketones (excluding diaryl/α,β-unsaturated/α-hetero) is 1. The Morgan fingerprint density at radius 2 is 2.37 bits per heavy atom. The van der Waals surface area contributed by atoms with Crippen LogP contribution in [-0.4, -0.2) is 30.5 Å².